The van der Waals surface area contributed by atoms with Gasteiger partial charge in [0.15, 0.2) is 0 Å². The number of ether oxygens (including phenoxy) is 1. The average Bonchev–Trinajstić information content (AvgIpc) is 2.60. The summed E-state index contributed by atoms with van der Waals surface area (Å²) in [5.74, 6) is 0.550. The van der Waals surface area contributed by atoms with E-state index in [1.807, 2.05) is 6.92 Å². The van der Waals surface area contributed by atoms with Crippen molar-refractivity contribution in [1.29, 1.82) is 0 Å². The number of hydrogen-bond acceptors (Lipinski definition) is 7. The van der Waals surface area contributed by atoms with Crippen LogP contribution in [-0.2, 0) is 9.53 Å². The average molecular weight is 430 g/mol. The fourth-order valence-corrected chi connectivity index (χ4v) is 3.82. The van der Waals surface area contributed by atoms with Crippen LogP contribution in [0.2, 0.25) is 0 Å². The molecule has 0 fully saturated rings. The molecule has 0 aliphatic heterocycles. The number of rotatable bonds is 10. The number of amides is 2. The second-order valence-corrected chi connectivity index (χ2v) is 9.38. The molecule has 0 aliphatic rings. The number of hydrogen-bond donors (Lipinski definition) is 2. The Morgan fingerprint density at radius 3 is 2.43 bits per heavy atom. The van der Waals surface area contributed by atoms with Crippen LogP contribution in [0.15, 0.2) is 18.3 Å². The summed E-state index contributed by atoms with van der Waals surface area (Å²) >= 11 is 0. The first-order valence-electron chi connectivity index (χ1n) is 8.85. The normalized spacial score (nSPS) is 11.0. The molecule has 0 saturated carbocycles. The second-order valence-electron chi connectivity index (χ2n) is 6.67. The van der Waals surface area contributed by atoms with E-state index in [4.69, 9.17) is 9.84 Å². The van der Waals surface area contributed by atoms with E-state index < -0.39 is 17.7 Å². The van der Waals surface area contributed by atoms with E-state index in [-0.39, 0.29) is 12.3 Å². The third-order valence-corrected chi connectivity index (χ3v) is 5.58. The molecule has 0 bridgehead atoms. The number of carbonyl (C=O) groups is 3. The summed E-state index contributed by atoms with van der Waals surface area (Å²) in [6.45, 7) is 8.06. The van der Waals surface area contributed by atoms with E-state index >= 15 is 0 Å². The topological polar surface area (TPSA) is 109 Å². The van der Waals surface area contributed by atoms with Gasteiger partial charge in [-0.15, -0.1) is 0 Å². The van der Waals surface area contributed by atoms with Crippen molar-refractivity contribution in [2.45, 2.75) is 39.7 Å². The van der Waals surface area contributed by atoms with Gasteiger partial charge in [0.2, 0.25) is 0 Å². The largest absolute Gasteiger partial charge is 0.481 e. The summed E-state index contributed by atoms with van der Waals surface area (Å²) in [4.78, 5) is 40.4. The molecule has 156 valence electrons. The van der Waals surface area contributed by atoms with Crippen LogP contribution < -0.4 is 10.2 Å². The standard InChI is InChI=1S/C18H27N3O5S2/c1-5-21(17(25)26-18(2,3)4)14-7-6-13(12-20-14)16(24)19-9-11-28-27-10-8-15(22)23/h6-7,12H,5,8-11H2,1-4H3,(H,19,24)(H,22,23). The van der Waals surface area contributed by atoms with Gasteiger partial charge in [-0.2, -0.15) is 0 Å². The molecule has 0 aromatic carbocycles. The smallest absolute Gasteiger partial charge is 0.415 e. The minimum atomic E-state index is -0.814. The van der Waals surface area contributed by atoms with Crippen LogP contribution in [0, 0.1) is 0 Å². The molecule has 2 N–H and O–H groups in total. The molecule has 28 heavy (non-hydrogen) atoms. The molecular formula is C18H27N3O5S2. The molecule has 10 heteroatoms. The van der Waals surface area contributed by atoms with Crippen LogP contribution in [0.25, 0.3) is 0 Å². The van der Waals surface area contributed by atoms with Gasteiger partial charge in [-0.05, 0) is 39.8 Å². The Kier molecular flexibility index (Phi) is 10.2. The summed E-state index contributed by atoms with van der Waals surface area (Å²) in [5.41, 5.74) is -0.207. The molecule has 1 rings (SSSR count). The summed E-state index contributed by atoms with van der Waals surface area (Å²) in [6, 6.07) is 3.22. The Labute approximate surface area is 173 Å². The molecule has 1 aromatic rings. The third-order valence-electron chi connectivity index (χ3n) is 3.17. The van der Waals surface area contributed by atoms with Gasteiger partial charge in [-0.3, -0.25) is 14.5 Å². The van der Waals surface area contributed by atoms with Crippen molar-refractivity contribution in [3.63, 3.8) is 0 Å². The first-order chi connectivity index (χ1) is 13.1. The van der Waals surface area contributed by atoms with Gasteiger partial charge in [-0.25, -0.2) is 9.78 Å². The maximum atomic E-state index is 12.2. The van der Waals surface area contributed by atoms with E-state index in [2.05, 4.69) is 10.3 Å². The highest BCUT2D eigenvalue weighted by atomic mass is 33.1. The maximum Gasteiger partial charge on any atom is 0.415 e. The number of carbonyl (C=O) groups excluding carboxylic acids is 2. The van der Waals surface area contributed by atoms with Gasteiger partial charge < -0.3 is 15.2 Å². The summed E-state index contributed by atoms with van der Waals surface area (Å²) in [7, 11) is 2.98. The van der Waals surface area contributed by atoms with Crippen molar-refractivity contribution in [1.82, 2.24) is 10.3 Å². The first kappa shape index (κ1) is 24.1. The lowest BCUT2D eigenvalue weighted by molar-refractivity contribution is -0.136. The Bertz CT molecular complexity index is 662. The van der Waals surface area contributed by atoms with Crippen LogP contribution >= 0.6 is 21.6 Å². The maximum absolute atomic E-state index is 12.2. The highest BCUT2D eigenvalue weighted by Crippen LogP contribution is 2.21. The molecule has 0 aliphatic carbocycles. The first-order valence-corrected chi connectivity index (χ1v) is 11.3. The fraction of sp³-hybridized carbons (Fsp3) is 0.556. The number of pyridine rings is 1. The molecule has 1 heterocycles. The van der Waals surface area contributed by atoms with Gasteiger partial charge in [0.05, 0.1) is 12.0 Å². The van der Waals surface area contributed by atoms with E-state index in [0.717, 1.165) is 0 Å². The Morgan fingerprint density at radius 2 is 1.89 bits per heavy atom. The van der Waals surface area contributed by atoms with Gasteiger partial charge in [0.25, 0.3) is 5.91 Å². The van der Waals surface area contributed by atoms with Crippen molar-refractivity contribution in [2.24, 2.45) is 0 Å². The molecule has 0 spiro atoms. The molecule has 1 aromatic heterocycles. The zero-order chi connectivity index (χ0) is 21.2. The number of carboxylic acid groups (broad SMARTS) is 1. The van der Waals surface area contributed by atoms with Crippen LogP contribution in [0.1, 0.15) is 44.5 Å². The number of anilines is 1. The SMILES string of the molecule is CCN(C(=O)OC(C)(C)C)c1ccc(C(=O)NCCSSCCC(=O)O)cn1. The van der Waals surface area contributed by atoms with Crippen molar-refractivity contribution in [3.05, 3.63) is 23.9 Å². The Balaban J connectivity index is 2.48. The third kappa shape index (κ3) is 9.32. The quantitative estimate of drug-likeness (QED) is 0.430. The highest BCUT2D eigenvalue weighted by Gasteiger charge is 2.23. The number of nitrogens with one attached hydrogen (secondary N) is 1. The van der Waals surface area contributed by atoms with Gasteiger partial charge >= 0.3 is 12.1 Å². The number of carboxylic acids is 1. The minimum absolute atomic E-state index is 0.125. The number of aromatic nitrogens is 1. The van der Waals surface area contributed by atoms with Crippen LogP contribution in [0.3, 0.4) is 0 Å². The van der Waals surface area contributed by atoms with E-state index in [0.29, 0.717) is 36.0 Å². The van der Waals surface area contributed by atoms with Crippen molar-refractivity contribution < 1.29 is 24.2 Å². The minimum Gasteiger partial charge on any atom is -0.481 e. The second kappa shape index (κ2) is 11.8. The number of aliphatic carboxylic acids is 1. The molecule has 8 nitrogen and oxygen atoms in total. The Morgan fingerprint density at radius 1 is 1.21 bits per heavy atom. The molecule has 2 amide bonds. The van der Waals surface area contributed by atoms with Gasteiger partial charge in [0, 0.05) is 30.8 Å². The molecule has 0 saturated heterocycles. The summed E-state index contributed by atoms with van der Waals surface area (Å²) in [6.07, 6.45) is 1.06. The molecular weight excluding hydrogens is 402 g/mol. The fourth-order valence-electron chi connectivity index (χ4n) is 1.94. The zero-order valence-electron chi connectivity index (χ0n) is 16.6. The van der Waals surface area contributed by atoms with Crippen molar-refractivity contribution in [2.75, 3.05) is 29.5 Å². The monoisotopic (exact) mass is 429 g/mol. The van der Waals surface area contributed by atoms with Crippen LogP contribution in [0.4, 0.5) is 10.6 Å². The van der Waals surface area contributed by atoms with Crippen LogP contribution in [-0.4, -0.2) is 58.3 Å². The predicted octanol–water partition coefficient (Wildman–Crippen LogP) is 3.43. The predicted molar refractivity (Wildman–Crippen MR) is 113 cm³/mol. The van der Waals surface area contributed by atoms with Gasteiger partial charge in [-0.1, -0.05) is 21.6 Å². The highest BCUT2D eigenvalue weighted by molar-refractivity contribution is 8.76. The molecule has 0 radical (unpaired) electrons. The Hall–Kier alpha value is -1.94. The summed E-state index contributed by atoms with van der Waals surface area (Å²) < 4.78 is 5.36. The van der Waals surface area contributed by atoms with Crippen molar-refractivity contribution >= 4 is 45.4 Å². The summed E-state index contributed by atoms with van der Waals surface area (Å²) in [5, 5.41) is 11.3. The van der Waals surface area contributed by atoms with E-state index in [9.17, 15) is 14.4 Å². The van der Waals surface area contributed by atoms with E-state index in [1.54, 1.807) is 32.9 Å². The molecule has 0 atom stereocenters. The molecule has 0 unspecified atom stereocenters. The lowest BCUT2D eigenvalue weighted by Gasteiger charge is -2.25. The van der Waals surface area contributed by atoms with Gasteiger partial charge in [0.1, 0.15) is 11.4 Å². The lowest BCUT2D eigenvalue weighted by atomic mass is 10.2. The lowest BCUT2D eigenvalue weighted by Crippen LogP contribution is -2.37. The number of nitrogens with zero attached hydrogens (tertiary/aromatic N) is 2. The van der Waals surface area contributed by atoms with E-state index in [1.165, 1.54) is 32.7 Å². The zero-order valence-corrected chi connectivity index (χ0v) is 18.2. The van der Waals surface area contributed by atoms with Crippen molar-refractivity contribution in [3.8, 4) is 0 Å². The van der Waals surface area contributed by atoms with Crippen LogP contribution in [0.5, 0.6) is 0 Å².